The number of aromatic nitrogens is 1. The summed E-state index contributed by atoms with van der Waals surface area (Å²) in [4.78, 5) is 4.35. The van der Waals surface area contributed by atoms with Crippen LogP contribution < -0.4 is 10.1 Å². The third kappa shape index (κ3) is 6.27. The molecule has 98 valence electrons. The molecule has 1 rings (SSSR count). The third-order valence-electron chi connectivity index (χ3n) is 2.33. The minimum atomic E-state index is 0.619. The highest BCUT2D eigenvalue weighted by molar-refractivity contribution is 5.19. The van der Waals surface area contributed by atoms with Crippen LogP contribution in [0.2, 0.25) is 0 Å². The average molecular weight is 246 g/mol. The first-order valence-electron chi connectivity index (χ1n) is 6.40. The predicted molar refractivity (Wildman–Crippen MR) is 74.3 cm³/mol. The van der Waals surface area contributed by atoms with E-state index >= 15 is 0 Å². The van der Waals surface area contributed by atoms with Crippen molar-refractivity contribution in [3.8, 4) is 17.6 Å². The molecule has 0 atom stereocenters. The number of hydrogen-bond acceptors (Lipinski definition) is 3. The second kappa shape index (κ2) is 8.54. The number of rotatable bonds is 7. The van der Waals surface area contributed by atoms with Gasteiger partial charge >= 0.3 is 0 Å². The molecule has 1 N–H and O–H groups in total. The van der Waals surface area contributed by atoms with Crippen molar-refractivity contribution in [2.45, 2.75) is 33.7 Å². The van der Waals surface area contributed by atoms with Crippen LogP contribution in [-0.4, -0.2) is 18.1 Å². The fraction of sp³-hybridized carbons (Fsp3) is 0.533. The van der Waals surface area contributed by atoms with E-state index in [9.17, 15) is 0 Å². The van der Waals surface area contributed by atoms with Gasteiger partial charge < -0.3 is 10.1 Å². The summed E-state index contributed by atoms with van der Waals surface area (Å²) in [5.41, 5.74) is 1.04. The summed E-state index contributed by atoms with van der Waals surface area (Å²) in [6, 6.07) is 3.95. The molecule has 1 aromatic rings. The molecule has 0 aliphatic rings. The summed E-state index contributed by atoms with van der Waals surface area (Å²) in [6.45, 7) is 8.65. The highest BCUT2D eigenvalue weighted by Crippen LogP contribution is 2.09. The highest BCUT2D eigenvalue weighted by atomic mass is 16.5. The van der Waals surface area contributed by atoms with Crippen molar-refractivity contribution in [2.75, 3.05) is 13.2 Å². The van der Waals surface area contributed by atoms with E-state index in [0.29, 0.717) is 12.5 Å². The maximum atomic E-state index is 5.52. The van der Waals surface area contributed by atoms with Crippen LogP contribution in [0.3, 0.4) is 0 Å². The second-order valence-electron chi connectivity index (χ2n) is 4.54. The van der Waals surface area contributed by atoms with E-state index in [1.165, 1.54) is 0 Å². The van der Waals surface area contributed by atoms with Crippen LogP contribution in [0.25, 0.3) is 0 Å². The third-order valence-corrected chi connectivity index (χ3v) is 2.33. The first-order chi connectivity index (χ1) is 8.72. The maximum absolute atomic E-state index is 5.52. The number of nitrogens with one attached hydrogen (secondary N) is 1. The summed E-state index contributed by atoms with van der Waals surface area (Å²) in [7, 11) is 0. The van der Waals surface area contributed by atoms with Crippen LogP contribution in [0.1, 0.15) is 32.9 Å². The zero-order chi connectivity index (χ0) is 13.2. The van der Waals surface area contributed by atoms with Gasteiger partial charge in [0.05, 0.1) is 18.5 Å². The molecule has 0 spiro atoms. The number of nitrogens with zero attached hydrogens (tertiary/aromatic N) is 1. The van der Waals surface area contributed by atoms with Crippen molar-refractivity contribution in [1.29, 1.82) is 0 Å². The van der Waals surface area contributed by atoms with Crippen molar-refractivity contribution in [1.82, 2.24) is 10.3 Å². The SMILES string of the molecule is CC#CCCOc1ccc(CNCC(C)C)nc1. The Morgan fingerprint density at radius 3 is 2.83 bits per heavy atom. The van der Waals surface area contributed by atoms with Crippen molar-refractivity contribution < 1.29 is 4.74 Å². The fourth-order valence-electron chi connectivity index (χ4n) is 1.43. The van der Waals surface area contributed by atoms with Gasteiger partial charge in [0, 0.05) is 13.0 Å². The van der Waals surface area contributed by atoms with Crippen LogP contribution in [0.4, 0.5) is 0 Å². The normalized spacial score (nSPS) is 10.0. The van der Waals surface area contributed by atoms with Gasteiger partial charge in [-0.1, -0.05) is 13.8 Å². The lowest BCUT2D eigenvalue weighted by Crippen LogP contribution is -2.19. The quantitative estimate of drug-likeness (QED) is 0.593. The fourth-order valence-corrected chi connectivity index (χ4v) is 1.43. The summed E-state index contributed by atoms with van der Waals surface area (Å²) in [5, 5.41) is 3.36. The zero-order valence-electron chi connectivity index (χ0n) is 11.5. The van der Waals surface area contributed by atoms with E-state index in [1.54, 1.807) is 6.20 Å². The first kappa shape index (κ1) is 14.5. The Bertz CT molecular complexity index is 387. The lowest BCUT2D eigenvalue weighted by molar-refractivity contribution is 0.325. The molecule has 0 saturated carbocycles. The molecule has 0 bridgehead atoms. The maximum Gasteiger partial charge on any atom is 0.137 e. The molecule has 0 aromatic carbocycles. The number of pyridine rings is 1. The van der Waals surface area contributed by atoms with Gasteiger partial charge in [-0.15, -0.1) is 11.8 Å². The van der Waals surface area contributed by atoms with Crippen LogP contribution in [0.15, 0.2) is 18.3 Å². The van der Waals surface area contributed by atoms with Gasteiger partial charge in [-0.3, -0.25) is 4.98 Å². The van der Waals surface area contributed by atoms with Crippen LogP contribution >= 0.6 is 0 Å². The van der Waals surface area contributed by atoms with Crippen LogP contribution in [0.5, 0.6) is 5.75 Å². The smallest absolute Gasteiger partial charge is 0.137 e. The standard InChI is InChI=1S/C15H22N2O/c1-4-5-6-9-18-15-8-7-14(17-12-15)11-16-10-13(2)3/h7-8,12-13,16H,6,9-11H2,1-3H3. The summed E-state index contributed by atoms with van der Waals surface area (Å²) >= 11 is 0. The van der Waals surface area contributed by atoms with Gasteiger partial charge in [-0.2, -0.15) is 0 Å². The predicted octanol–water partition coefficient (Wildman–Crippen LogP) is 2.62. The first-order valence-corrected chi connectivity index (χ1v) is 6.40. The molecule has 0 fully saturated rings. The highest BCUT2D eigenvalue weighted by Gasteiger charge is 1.98. The summed E-state index contributed by atoms with van der Waals surface area (Å²) in [5.74, 6) is 7.27. The molecule has 0 unspecified atom stereocenters. The van der Waals surface area contributed by atoms with Crippen molar-refractivity contribution in [3.05, 3.63) is 24.0 Å². The zero-order valence-corrected chi connectivity index (χ0v) is 11.5. The van der Waals surface area contributed by atoms with Gasteiger partial charge in [0.2, 0.25) is 0 Å². The molecule has 0 aliphatic carbocycles. The Labute approximate surface area is 110 Å². The molecule has 1 heterocycles. The van der Waals surface area contributed by atoms with E-state index in [1.807, 2.05) is 19.1 Å². The minimum Gasteiger partial charge on any atom is -0.491 e. The molecule has 1 aromatic heterocycles. The largest absolute Gasteiger partial charge is 0.491 e. The molecular weight excluding hydrogens is 224 g/mol. The molecule has 0 saturated heterocycles. The minimum absolute atomic E-state index is 0.619. The van der Waals surface area contributed by atoms with Crippen LogP contribution in [0, 0.1) is 17.8 Å². The molecule has 0 aliphatic heterocycles. The molecule has 0 radical (unpaired) electrons. The Hall–Kier alpha value is -1.53. The lowest BCUT2D eigenvalue weighted by Gasteiger charge is -2.08. The number of hydrogen-bond donors (Lipinski definition) is 1. The molecule has 3 nitrogen and oxygen atoms in total. The summed E-state index contributed by atoms with van der Waals surface area (Å²) < 4.78 is 5.52. The Morgan fingerprint density at radius 1 is 1.39 bits per heavy atom. The van der Waals surface area contributed by atoms with E-state index in [0.717, 1.165) is 31.0 Å². The topological polar surface area (TPSA) is 34.1 Å². The molecule has 0 amide bonds. The average Bonchev–Trinajstić information content (AvgIpc) is 2.36. The van der Waals surface area contributed by atoms with E-state index in [2.05, 4.69) is 36.0 Å². The molecule has 18 heavy (non-hydrogen) atoms. The van der Waals surface area contributed by atoms with Gasteiger partial charge in [0.15, 0.2) is 0 Å². The Balaban J connectivity index is 2.30. The Kier molecular flexibility index (Phi) is 6.90. The second-order valence-corrected chi connectivity index (χ2v) is 4.54. The van der Waals surface area contributed by atoms with Crippen molar-refractivity contribution in [2.24, 2.45) is 5.92 Å². The van der Waals surface area contributed by atoms with E-state index in [-0.39, 0.29) is 0 Å². The number of ether oxygens (including phenoxy) is 1. The van der Waals surface area contributed by atoms with E-state index < -0.39 is 0 Å². The Morgan fingerprint density at radius 2 is 2.22 bits per heavy atom. The van der Waals surface area contributed by atoms with Gasteiger partial charge in [-0.25, -0.2) is 0 Å². The van der Waals surface area contributed by atoms with E-state index in [4.69, 9.17) is 4.74 Å². The van der Waals surface area contributed by atoms with Crippen molar-refractivity contribution >= 4 is 0 Å². The monoisotopic (exact) mass is 246 g/mol. The van der Waals surface area contributed by atoms with Crippen molar-refractivity contribution in [3.63, 3.8) is 0 Å². The lowest BCUT2D eigenvalue weighted by atomic mass is 10.2. The molecule has 3 heteroatoms. The van der Waals surface area contributed by atoms with Gasteiger partial charge in [0.25, 0.3) is 0 Å². The van der Waals surface area contributed by atoms with Gasteiger partial charge in [0.1, 0.15) is 5.75 Å². The van der Waals surface area contributed by atoms with Gasteiger partial charge in [-0.05, 0) is 31.5 Å². The molecular formula is C15H22N2O. The van der Waals surface area contributed by atoms with Crippen LogP contribution in [-0.2, 0) is 6.54 Å². The summed E-state index contributed by atoms with van der Waals surface area (Å²) in [6.07, 6.45) is 2.53.